The minimum Gasteiger partial charge on any atom is -0.385 e. The first-order chi connectivity index (χ1) is 12.7. The molecule has 0 aliphatic heterocycles. The Hall–Kier alpha value is -0.0400. The van der Waals surface area contributed by atoms with Crippen LogP contribution in [0.1, 0.15) is 84.5 Å². The van der Waals surface area contributed by atoms with E-state index in [1.807, 2.05) is 7.11 Å². The Balaban J connectivity index is 1.32. The Morgan fingerprint density at radius 2 is 1.73 bits per heavy atom. The van der Waals surface area contributed by atoms with E-state index in [1.165, 1.54) is 19.3 Å². The summed E-state index contributed by atoms with van der Waals surface area (Å²) in [4.78, 5) is 0. The fourth-order valence-corrected chi connectivity index (χ4v) is 9.43. The normalized spacial score (nSPS) is 54.8. The van der Waals surface area contributed by atoms with E-state index in [0.717, 1.165) is 59.9 Å². The summed E-state index contributed by atoms with van der Waals surface area (Å²) in [6, 6.07) is 0. The summed E-state index contributed by atoms with van der Waals surface area (Å²) < 4.78 is 5.38. The molecule has 0 aromatic carbocycles. The van der Waals surface area contributed by atoms with Gasteiger partial charge in [0.05, 0.1) is 0 Å². The molecule has 5 rings (SSSR count). The van der Waals surface area contributed by atoms with Gasteiger partial charge in [0.1, 0.15) is 0 Å². The minimum absolute atomic E-state index is 0.690. The summed E-state index contributed by atoms with van der Waals surface area (Å²) in [5.74, 6) is 9.87. The van der Waals surface area contributed by atoms with Crippen LogP contribution in [0.3, 0.4) is 0 Å². The van der Waals surface area contributed by atoms with E-state index < -0.39 is 0 Å². The predicted molar refractivity (Wildman–Crippen MR) is 108 cm³/mol. The van der Waals surface area contributed by atoms with Gasteiger partial charge in [-0.3, -0.25) is 0 Å². The third-order valence-corrected chi connectivity index (χ3v) is 10.5. The summed E-state index contributed by atoms with van der Waals surface area (Å²) >= 11 is 0. The zero-order valence-corrected chi connectivity index (χ0v) is 17.6. The highest BCUT2D eigenvalue weighted by molar-refractivity contribution is 5.17. The van der Waals surface area contributed by atoms with Gasteiger partial charge < -0.3 is 4.74 Å². The molecule has 0 aromatic heterocycles. The van der Waals surface area contributed by atoms with E-state index >= 15 is 0 Å². The van der Waals surface area contributed by atoms with E-state index in [-0.39, 0.29) is 0 Å². The monoisotopic (exact) mass is 358 g/mol. The molecule has 0 N–H and O–H groups in total. The zero-order valence-electron chi connectivity index (χ0n) is 17.6. The fourth-order valence-electron chi connectivity index (χ4n) is 9.43. The van der Waals surface area contributed by atoms with E-state index in [1.54, 1.807) is 51.4 Å². The molecule has 148 valence electrons. The molecule has 6 unspecified atom stereocenters. The number of rotatable bonds is 5. The molecule has 0 aromatic rings. The van der Waals surface area contributed by atoms with E-state index in [0.29, 0.717) is 5.41 Å². The number of methoxy groups -OCH3 is 1. The van der Waals surface area contributed by atoms with Crippen molar-refractivity contribution in [2.45, 2.75) is 84.5 Å². The molecular weight excluding hydrogens is 316 g/mol. The molecule has 0 spiro atoms. The van der Waals surface area contributed by atoms with Gasteiger partial charge in [0.2, 0.25) is 0 Å². The number of hydrogen-bond acceptors (Lipinski definition) is 1. The van der Waals surface area contributed by atoms with Gasteiger partial charge in [-0.15, -0.1) is 0 Å². The van der Waals surface area contributed by atoms with Crippen molar-refractivity contribution < 1.29 is 4.74 Å². The molecule has 5 fully saturated rings. The van der Waals surface area contributed by atoms with Crippen molar-refractivity contribution in [3.05, 3.63) is 0 Å². The van der Waals surface area contributed by atoms with E-state index in [4.69, 9.17) is 4.74 Å². The molecule has 26 heavy (non-hydrogen) atoms. The summed E-state index contributed by atoms with van der Waals surface area (Å²) in [5.41, 5.74) is 0.690. The topological polar surface area (TPSA) is 9.23 Å². The third kappa shape index (κ3) is 2.66. The van der Waals surface area contributed by atoms with Crippen LogP contribution in [0.4, 0.5) is 0 Å². The molecule has 0 saturated heterocycles. The summed E-state index contributed by atoms with van der Waals surface area (Å²) in [7, 11) is 1.87. The Labute approximate surface area is 162 Å². The van der Waals surface area contributed by atoms with Crippen molar-refractivity contribution >= 4 is 0 Å². The van der Waals surface area contributed by atoms with Gasteiger partial charge in [-0.05, 0) is 116 Å². The van der Waals surface area contributed by atoms with Crippen LogP contribution >= 0.6 is 0 Å². The fraction of sp³-hybridized carbons (Fsp3) is 1.00. The van der Waals surface area contributed by atoms with Crippen LogP contribution in [0.25, 0.3) is 0 Å². The molecule has 5 aliphatic rings. The highest BCUT2D eigenvalue weighted by Gasteiger charge is 2.68. The third-order valence-electron chi connectivity index (χ3n) is 10.5. The number of ether oxygens (including phenoxy) is 1. The molecule has 5 saturated carbocycles. The van der Waals surface area contributed by atoms with Crippen LogP contribution < -0.4 is 0 Å². The SMILES string of the molecule is CC[C@H]1CC[C@H]2C(CCC3C2CCC2(C)C(CCCOC)[C@H]4C[C@H]4C32)C1. The van der Waals surface area contributed by atoms with Gasteiger partial charge >= 0.3 is 0 Å². The average molecular weight is 359 g/mol. The van der Waals surface area contributed by atoms with Gasteiger partial charge in [-0.25, -0.2) is 0 Å². The Bertz CT molecular complexity index is 514. The lowest BCUT2D eigenvalue weighted by molar-refractivity contribution is -0.0820. The van der Waals surface area contributed by atoms with Gasteiger partial charge in [-0.1, -0.05) is 26.7 Å². The van der Waals surface area contributed by atoms with Crippen LogP contribution in [-0.4, -0.2) is 13.7 Å². The van der Waals surface area contributed by atoms with E-state index in [9.17, 15) is 0 Å². The van der Waals surface area contributed by atoms with Crippen molar-refractivity contribution in [2.75, 3.05) is 13.7 Å². The second-order valence-corrected chi connectivity index (χ2v) is 11.3. The van der Waals surface area contributed by atoms with Gasteiger partial charge in [0.15, 0.2) is 0 Å². The molecular formula is C25H42O. The lowest BCUT2D eigenvalue weighted by Crippen LogP contribution is -2.50. The summed E-state index contributed by atoms with van der Waals surface area (Å²) in [6.45, 7) is 6.14. The molecule has 0 radical (unpaired) electrons. The van der Waals surface area contributed by atoms with Gasteiger partial charge in [0, 0.05) is 13.7 Å². The lowest BCUT2D eigenvalue weighted by atomic mass is 9.48. The maximum atomic E-state index is 5.38. The first kappa shape index (κ1) is 18.0. The van der Waals surface area contributed by atoms with Crippen LogP contribution in [-0.2, 0) is 4.74 Å². The average Bonchev–Trinajstić information content (AvgIpc) is 3.38. The largest absolute Gasteiger partial charge is 0.385 e. The van der Waals surface area contributed by atoms with Gasteiger partial charge in [-0.2, -0.15) is 0 Å². The molecule has 0 amide bonds. The summed E-state index contributed by atoms with van der Waals surface area (Å²) in [5, 5.41) is 0. The highest BCUT2D eigenvalue weighted by atomic mass is 16.5. The van der Waals surface area contributed by atoms with E-state index in [2.05, 4.69) is 13.8 Å². The standard InChI is InChI=1S/C25H42O/c1-4-16-7-9-18-17(14-16)8-10-20-19(18)11-12-25(2)23(6-5-13-26-3)21-15-22(21)24(20)25/h16-24H,4-15H2,1-3H3/t16-,17?,18-,19?,20?,21-,22+,23?,24?,25?/m0/s1. The second-order valence-electron chi connectivity index (χ2n) is 11.3. The second kappa shape index (κ2) is 6.78. The smallest absolute Gasteiger partial charge is 0.0462 e. The first-order valence-electron chi connectivity index (χ1n) is 12.2. The Morgan fingerprint density at radius 3 is 2.54 bits per heavy atom. The first-order valence-corrected chi connectivity index (χ1v) is 12.2. The quantitative estimate of drug-likeness (QED) is 0.505. The molecule has 10 atom stereocenters. The molecule has 5 aliphatic carbocycles. The summed E-state index contributed by atoms with van der Waals surface area (Å²) in [6.07, 6.45) is 16.8. The highest BCUT2D eigenvalue weighted by Crippen LogP contribution is 2.75. The minimum atomic E-state index is 0.690. The molecule has 0 heterocycles. The van der Waals surface area contributed by atoms with Gasteiger partial charge in [0.25, 0.3) is 0 Å². The van der Waals surface area contributed by atoms with Crippen molar-refractivity contribution in [2.24, 2.45) is 58.7 Å². The molecule has 1 heteroatoms. The maximum Gasteiger partial charge on any atom is 0.0462 e. The molecule has 1 nitrogen and oxygen atoms in total. The molecule has 0 bridgehead atoms. The van der Waals surface area contributed by atoms with Crippen molar-refractivity contribution in [3.63, 3.8) is 0 Å². The van der Waals surface area contributed by atoms with Crippen molar-refractivity contribution in [1.29, 1.82) is 0 Å². The number of fused-ring (bicyclic) bond motifs is 7. The zero-order chi connectivity index (χ0) is 17.9. The Kier molecular flexibility index (Phi) is 4.70. The van der Waals surface area contributed by atoms with Crippen LogP contribution in [0.15, 0.2) is 0 Å². The van der Waals surface area contributed by atoms with Crippen LogP contribution in [0, 0.1) is 58.7 Å². The van der Waals surface area contributed by atoms with Crippen LogP contribution in [0.5, 0.6) is 0 Å². The van der Waals surface area contributed by atoms with Crippen LogP contribution in [0.2, 0.25) is 0 Å². The Morgan fingerprint density at radius 1 is 0.885 bits per heavy atom. The van der Waals surface area contributed by atoms with Crippen molar-refractivity contribution in [1.82, 2.24) is 0 Å². The predicted octanol–water partition coefficient (Wildman–Crippen LogP) is 6.56. The van der Waals surface area contributed by atoms with Crippen molar-refractivity contribution in [3.8, 4) is 0 Å². The maximum absolute atomic E-state index is 5.38. The number of hydrogen-bond donors (Lipinski definition) is 0. The lowest BCUT2D eigenvalue weighted by Gasteiger charge is -2.57.